The summed E-state index contributed by atoms with van der Waals surface area (Å²) >= 11 is 0. The van der Waals surface area contributed by atoms with Crippen molar-refractivity contribution in [2.24, 2.45) is 87.4 Å². The first kappa shape index (κ1) is 119. The number of Topliss-reactive ketones (excluding diaryl/α,β-unsaturated/α-hetero) is 2. The second-order valence-electron chi connectivity index (χ2n) is 45.3. The number of nitrogens with one attached hydrogen (secondary N) is 2. The highest BCUT2D eigenvalue weighted by atomic mass is 16.7. The van der Waals surface area contributed by atoms with Gasteiger partial charge in [0.25, 0.3) is 0 Å². The van der Waals surface area contributed by atoms with E-state index in [4.69, 9.17) is 73.9 Å². The first-order valence-electron chi connectivity index (χ1n) is 50.7. The molecule has 15 atom stereocenters. The summed E-state index contributed by atoms with van der Waals surface area (Å²) in [6.45, 7) is 65.7. The predicted octanol–water partition coefficient (Wildman–Crippen LogP) is 10.9. The summed E-state index contributed by atoms with van der Waals surface area (Å²) in [5.41, 5.74) is 8.09. The number of carboxylic acid groups (broad SMARTS) is 2. The number of carboxylic acids is 2. The Hall–Kier alpha value is -4.10. The number of amides is 2. The molecule has 2 amide bonds. The van der Waals surface area contributed by atoms with Crippen LogP contribution < -0.4 is 22.1 Å². The molecule has 1 radical (unpaired) electrons. The van der Waals surface area contributed by atoms with Crippen LogP contribution in [0.1, 0.15) is 259 Å². The highest BCUT2D eigenvalue weighted by Crippen LogP contribution is 2.50. The summed E-state index contributed by atoms with van der Waals surface area (Å²) in [7, 11) is -1.40. The molecule has 15 unspecified atom stereocenters. The third-order valence-corrected chi connectivity index (χ3v) is 31.5. The Morgan fingerprint density at radius 1 is 0.448 bits per heavy atom. The molecule has 0 aromatic rings. The minimum absolute atomic E-state index is 0. The van der Waals surface area contributed by atoms with Crippen molar-refractivity contribution in [3.8, 4) is 0 Å². The second-order valence-corrected chi connectivity index (χ2v) is 45.3. The maximum Gasteiger partial charge on any atom is 0.488 e. The minimum Gasteiger partial charge on any atom is -0.480 e. The number of allylic oxidation sites excluding steroid dienone is 3. The van der Waals surface area contributed by atoms with Crippen molar-refractivity contribution >= 4 is 64.4 Å². The number of carbonyl (C=O) groups excluding carboxylic acids is 4. The standard InChI is InChI=1S/C25H47BN2O4.C19H34N2O2.2C14H27BN2O5.C13H21NO2.C8H12O.C6H12BO2.CH4/c1-22(2,3)27-21(29)25(8)17-19(9-10-20(25)18-28-13-15-30-16-14-28)11-12-26-31-23(4,5)24(6,7)32-26;1-6-15-7-8-16(14-21-9-11-23-12-10-21)19(5,13-15)17(22)20-18(2,3)4;2*16-14(13(18)19)9-11(3-4-15(20)21)1-2-12(14)10-17-5-7-22-8-6-17;1-2-11-3-4-12(13(15)9-11)10-14-5-7-16-8-6-14;1-2-7-4-3-5-8(9)6-7;1-5(2)6(3,4)9-7-8-5;/h19-20H,9-18H2,1-8H3,(H,27,29);6,15-16H,1,7-14H2,2-5H3,(H,20,22);2*11-12,20-21H,1-10,16H2,(H,18,19);2,11-12H,1,3-10H2;2,7H,1,3-6H2;1-4H3;1H4. The van der Waals surface area contributed by atoms with E-state index in [0.717, 1.165) is 234 Å². The fraction of sp³-hybridized carbons (Fsp3) is 0.880. The zero-order chi connectivity index (χ0) is 98.4. The van der Waals surface area contributed by atoms with E-state index >= 15 is 0 Å². The van der Waals surface area contributed by atoms with Crippen molar-refractivity contribution in [3.63, 3.8) is 0 Å². The first-order chi connectivity index (χ1) is 62.4. The second kappa shape index (κ2) is 54.9. The Bertz CT molecular complexity index is 3450. The van der Waals surface area contributed by atoms with Gasteiger partial charge < -0.3 is 94.7 Å². The molecule has 0 aromatic carbocycles. The SMILES string of the molecule is C.C=CC1CCC(CN2CCOCC2)C(=O)C1.C=CC1CCC(CN2CCOCC2)C(C)(C(=O)NC(C)(C)C)C1.C=CC1CCCC(=O)C1.CC(C)(C)NC(=O)C1(C)CC(CCB2OC(C)(C)C(C)(C)O2)CCC1CN1CCOCC1.CC1(C)O[B]OC1(C)C.NC1(C(=O)O)CC(CCB(O)O)CCC1CN1CCOCC1.NC1(C(=O)O)CC(CCB(O)O)CCC1CN1CCOCC1. The summed E-state index contributed by atoms with van der Waals surface area (Å²) in [6.07, 6.45) is 26.7. The van der Waals surface area contributed by atoms with Crippen molar-refractivity contribution in [1.82, 2.24) is 35.1 Å². The molecule has 0 spiro atoms. The molecule has 7 heterocycles. The summed E-state index contributed by atoms with van der Waals surface area (Å²) in [4.78, 5) is 84.6. The Morgan fingerprint density at radius 3 is 1.10 bits per heavy atom. The Morgan fingerprint density at radius 2 is 0.776 bits per heavy atom. The highest BCUT2D eigenvalue weighted by molar-refractivity contribution is 6.45. The molecule has 13 rings (SSSR count). The molecule has 0 bridgehead atoms. The van der Waals surface area contributed by atoms with Crippen molar-refractivity contribution < 1.29 is 101 Å². The monoisotopic (exact) mass is 1890 g/mol. The van der Waals surface area contributed by atoms with Gasteiger partial charge in [-0.25, -0.2) is 0 Å². The van der Waals surface area contributed by atoms with E-state index in [1.54, 1.807) is 0 Å². The molecule has 134 heavy (non-hydrogen) atoms. The molecule has 13 fully saturated rings. The van der Waals surface area contributed by atoms with Gasteiger partial charge >= 0.3 is 41.0 Å². The van der Waals surface area contributed by atoms with Crippen molar-refractivity contribution in [2.45, 2.75) is 323 Å². The fourth-order valence-corrected chi connectivity index (χ4v) is 21.1. The van der Waals surface area contributed by atoms with Gasteiger partial charge in [-0.3, -0.25) is 53.3 Å². The molecular weight excluding hydrogens is 1710 g/mol. The molecule has 0 aromatic heterocycles. The molecule has 767 valence electrons. The van der Waals surface area contributed by atoms with Crippen LogP contribution in [0.15, 0.2) is 38.0 Å². The summed E-state index contributed by atoms with van der Waals surface area (Å²) in [5.74, 6) is 2.42. The van der Waals surface area contributed by atoms with Crippen molar-refractivity contribution in [2.75, 3.05) is 164 Å². The zero-order valence-corrected chi connectivity index (χ0v) is 85.1. The number of nitrogens with two attached hydrogens (primary N) is 2. The molecule has 30 nitrogen and oxygen atoms in total. The average Bonchev–Trinajstić information content (AvgIpc) is 0.917. The van der Waals surface area contributed by atoms with Crippen LogP contribution >= 0.6 is 0 Å². The van der Waals surface area contributed by atoms with Crippen LogP contribution in [0.3, 0.4) is 0 Å². The average molecular weight is 1890 g/mol. The maximum atomic E-state index is 13.6. The Kier molecular flexibility index (Phi) is 48.6. The number of ketones is 2. The van der Waals surface area contributed by atoms with Crippen LogP contribution in [0.5, 0.6) is 0 Å². The normalized spacial score (nSPS) is 32.5. The lowest BCUT2D eigenvalue weighted by Gasteiger charge is -2.46. The van der Waals surface area contributed by atoms with Gasteiger partial charge in [0.05, 0.1) is 99.3 Å². The maximum absolute atomic E-state index is 13.6. The van der Waals surface area contributed by atoms with E-state index < -0.39 is 37.3 Å². The van der Waals surface area contributed by atoms with Gasteiger partial charge in [-0.2, -0.15) is 0 Å². The smallest absolute Gasteiger partial charge is 0.480 e. The number of aliphatic carboxylic acids is 2. The Balaban J connectivity index is 0.000000248. The van der Waals surface area contributed by atoms with Crippen LogP contribution in [0.25, 0.3) is 0 Å². The lowest BCUT2D eigenvalue weighted by Crippen LogP contribution is -2.60. The van der Waals surface area contributed by atoms with Crippen LogP contribution in [0.2, 0.25) is 19.0 Å². The predicted molar refractivity (Wildman–Crippen MR) is 532 cm³/mol. The summed E-state index contributed by atoms with van der Waals surface area (Å²) in [6, 6.07) is 0. The molecule has 7 saturated heterocycles. The van der Waals surface area contributed by atoms with Crippen LogP contribution in [0.4, 0.5) is 0 Å². The van der Waals surface area contributed by atoms with Crippen molar-refractivity contribution in [1.29, 1.82) is 0 Å². The lowest BCUT2D eigenvalue weighted by molar-refractivity contribution is -0.149. The number of nitrogens with zero attached hydrogens (tertiary/aromatic N) is 5. The molecule has 6 aliphatic carbocycles. The van der Waals surface area contributed by atoms with E-state index in [0.29, 0.717) is 119 Å². The number of hydrogen-bond donors (Lipinski definition) is 10. The molecule has 7 aliphatic heterocycles. The first-order valence-corrected chi connectivity index (χ1v) is 50.7. The van der Waals surface area contributed by atoms with Gasteiger partial charge in [-0.15, -0.1) is 19.7 Å². The van der Waals surface area contributed by atoms with E-state index in [1.165, 1.54) is 14.1 Å². The van der Waals surface area contributed by atoms with Gasteiger partial charge in [0.15, 0.2) is 0 Å². The van der Waals surface area contributed by atoms with Gasteiger partial charge in [-0.1, -0.05) is 65.2 Å². The number of rotatable bonds is 26. The zero-order valence-electron chi connectivity index (χ0n) is 85.1. The molecule has 12 N–H and O–H groups in total. The van der Waals surface area contributed by atoms with E-state index in [2.05, 4.69) is 138 Å². The van der Waals surface area contributed by atoms with Crippen molar-refractivity contribution in [3.05, 3.63) is 38.0 Å². The van der Waals surface area contributed by atoms with Crippen LogP contribution in [-0.2, 0) is 71.1 Å². The lowest BCUT2D eigenvalue weighted by atomic mass is 9.61. The fourth-order valence-electron chi connectivity index (χ4n) is 21.1. The number of hydrogen-bond acceptors (Lipinski definition) is 26. The van der Waals surface area contributed by atoms with Gasteiger partial charge in [-0.05, 0) is 260 Å². The number of morpholine rings is 5. The molecule has 34 heteroatoms. The Labute approximate surface area is 809 Å². The topological polar surface area (TPSA) is 399 Å². The molecule has 13 aliphatic rings. The minimum atomic E-state index is -1.33. The van der Waals surface area contributed by atoms with E-state index in [9.17, 15) is 39.0 Å². The van der Waals surface area contributed by atoms with Crippen LogP contribution in [0, 0.1) is 75.9 Å². The van der Waals surface area contributed by atoms with E-state index in [1.807, 2.05) is 45.9 Å². The van der Waals surface area contributed by atoms with E-state index in [-0.39, 0.29) is 113 Å². The third-order valence-electron chi connectivity index (χ3n) is 31.5. The molecular formula is C100H184B4N9O21. The third kappa shape index (κ3) is 37.6. The van der Waals surface area contributed by atoms with Gasteiger partial charge in [0.2, 0.25) is 11.8 Å². The summed E-state index contributed by atoms with van der Waals surface area (Å²) in [5, 5.41) is 61.7. The quantitative estimate of drug-likeness (QED) is 0.0284. The highest BCUT2D eigenvalue weighted by Gasteiger charge is 2.55. The van der Waals surface area contributed by atoms with Crippen LogP contribution in [-0.4, -0.2) is 328 Å². The summed E-state index contributed by atoms with van der Waals surface area (Å²) < 4.78 is 49.8. The number of ether oxygens (including phenoxy) is 5. The number of carbonyl (C=O) groups is 6. The van der Waals surface area contributed by atoms with Gasteiger partial charge in [0, 0.05) is 146 Å². The molecule has 6 saturated carbocycles. The van der Waals surface area contributed by atoms with Gasteiger partial charge in [0.1, 0.15) is 22.6 Å². The largest absolute Gasteiger partial charge is 0.488 e.